The van der Waals surface area contributed by atoms with E-state index >= 15 is 0 Å². The molecule has 0 saturated heterocycles. The number of benzene rings is 2. The number of phenolic OH excluding ortho intramolecular Hbond substituents is 2. The van der Waals surface area contributed by atoms with Crippen molar-refractivity contribution in [2.24, 2.45) is 0 Å². The molecule has 96 valence electrons. The van der Waals surface area contributed by atoms with E-state index in [4.69, 9.17) is 21.7 Å². The maximum Gasteiger partial charge on any atom is 0.138 e. The van der Waals surface area contributed by atoms with Gasteiger partial charge in [-0.2, -0.15) is 0 Å². The summed E-state index contributed by atoms with van der Waals surface area (Å²) in [6.07, 6.45) is 0. The van der Waals surface area contributed by atoms with Gasteiger partial charge < -0.3 is 21.7 Å². The zero-order valence-corrected chi connectivity index (χ0v) is 10.5. The highest BCUT2D eigenvalue weighted by atomic mass is 16.3. The summed E-state index contributed by atoms with van der Waals surface area (Å²) in [5.74, 6) is 0.324. The first-order valence-electron chi connectivity index (χ1n) is 5.50. The molecule has 0 aliphatic carbocycles. The minimum Gasteiger partial charge on any atom is -0.506 e. The van der Waals surface area contributed by atoms with Crippen molar-refractivity contribution in [3.05, 3.63) is 47.5 Å². The molecule has 0 atom stereocenters. The van der Waals surface area contributed by atoms with Gasteiger partial charge in [0.15, 0.2) is 0 Å². The number of rotatable bonds is 0. The molecule has 0 unspecified atom stereocenters. The molecule has 4 nitrogen and oxygen atoms in total. The van der Waals surface area contributed by atoms with Crippen LogP contribution in [0.5, 0.6) is 11.5 Å². The molecule has 2 aromatic rings. The van der Waals surface area contributed by atoms with Crippen molar-refractivity contribution in [2.75, 3.05) is 11.5 Å². The Morgan fingerprint density at radius 1 is 0.722 bits per heavy atom. The molecular weight excluding hydrogens is 228 g/mol. The van der Waals surface area contributed by atoms with Gasteiger partial charge >= 0.3 is 0 Å². The molecule has 2 aromatic carbocycles. The van der Waals surface area contributed by atoms with Gasteiger partial charge in [0.2, 0.25) is 0 Å². The fourth-order valence-corrected chi connectivity index (χ4v) is 1.31. The van der Waals surface area contributed by atoms with E-state index in [0.29, 0.717) is 11.4 Å². The first-order chi connectivity index (χ1) is 8.40. The van der Waals surface area contributed by atoms with E-state index in [-0.39, 0.29) is 11.5 Å². The Hall–Kier alpha value is -2.36. The van der Waals surface area contributed by atoms with E-state index in [1.165, 1.54) is 0 Å². The number of nitrogen functional groups attached to an aromatic ring is 2. The average molecular weight is 246 g/mol. The van der Waals surface area contributed by atoms with Gasteiger partial charge in [0.05, 0.1) is 11.4 Å². The molecule has 0 radical (unpaired) electrons. The van der Waals surface area contributed by atoms with Gasteiger partial charge in [0.25, 0.3) is 0 Å². The normalized spacial score (nSPS) is 9.44. The SMILES string of the molecule is Cc1ccc(N)c(O)c1.Cc1ccc(N)c(O)c1. The second kappa shape index (κ2) is 5.82. The summed E-state index contributed by atoms with van der Waals surface area (Å²) >= 11 is 0. The third-order valence-electron chi connectivity index (χ3n) is 2.37. The number of phenols is 2. The Morgan fingerprint density at radius 2 is 1.06 bits per heavy atom. The van der Waals surface area contributed by atoms with Crippen molar-refractivity contribution in [3.8, 4) is 11.5 Å². The van der Waals surface area contributed by atoms with Crippen LogP contribution in [0.1, 0.15) is 11.1 Å². The smallest absolute Gasteiger partial charge is 0.138 e. The van der Waals surface area contributed by atoms with Crippen LogP contribution in [0.15, 0.2) is 36.4 Å². The number of aryl methyl sites for hydroxylation is 2. The summed E-state index contributed by atoms with van der Waals surface area (Å²) in [6.45, 7) is 3.80. The van der Waals surface area contributed by atoms with Gasteiger partial charge in [0, 0.05) is 0 Å². The van der Waals surface area contributed by atoms with E-state index < -0.39 is 0 Å². The molecule has 18 heavy (non-hydrogen) atoms. The van der Waals surface area contributed by atoms with E-state index in [9.17, 15) is 0 Å². The van der Waals surface area contributed by atoms with Crippen molar-refractivity contribution < 1.29 is 10.2 Å². The lowest BCUT2D eigenvalue weighted by Gasteiger charge is -1.97. The summed E-state index contributed by atoms with van der Waals surface area (Å²) in [7, 11) is 0. The van der Waals surface area contributed by atoms with Crippen LogP contribution in [0.2, 0.25) is 0 Å². The molecule has 0 saturated carbocycles. The van der Waals surface area contributed by atoms with Crippen LogP contribution in [0.4, 0.5) is 11.4 Å². The zero-order valence-electron chi connectivity index (χ0n) is 10.5. The lowest BCUT2D eigenvalue weighted by Crippen LogP contribution is -1.84. The molecular formula is C14H18N2O2. The van der Waals surface area contributed by atoms with E-state index in [2.05, 4.69) is 0 Å². The predicted octanol–water partition coefficient (Wildman–Crippen LogP) is 2.57. The third kappa shape index (κ3) is 3.90. The van der Waals surface area contributed by atoms with Crippen molar-refractivity contribution in [1.29, 1.82) is 0 Å². The molecule has 0 spiro atoms. The molecule has 0 aromatic heterocycles. The third-order valence-corrected chi connectivity index (χ3v) is 2.37. The van der Waals surface area contributed by atoms with Crippen molar-refractivity contribution >= 4 is 11.4 Å². The van der Waals surface area contributed by atoms with E-state index in [0.717, 1.165) is 11.1 Å². The Bertz CT molecular complexity index is 490. The molecule has 2 rings (SSSR count). The van der Waals surface area contributed by atoms with Crippen molar-refractivity contribution in [1.82, 2.24) is 0 Å². The molecule has 0 aliphatic heterocycles. The van der Waals surface area contributed by atoms with Gasteiger partial charge in [-0.3, -0.25) is 0 Å². The van der Waals surface area contributed by atoms with Gasteiger partial charge in [-0.15, -0.1) is 0 Å². The highest BCUT2D eigenvalue weighted by Gasteiger charge is 1.93. The Kier molecular flexibility index (Phi) is 4.43. The molecule has 0 fully saturated rings. The van der Waals surface area contributed by atoms with Gasteiger partial charge in [-0.25, -0.2) is 0 Å². The summed E-state index contributed by atoms with van der Waals surface area (Å²) in [6, 6.07) is 10.4. The zero-order chi connectivity index (χ0) is 13.7. The lowest BCUT2D eigenvalue weighted by molar-refractivity contribution is 0.477. The second-order valence-electron chi connectivity index (χ2n) is 4.12. The average Bonchev–Trinajstić information content (AvgIpc) is 2.30. The van der Waals surface area contributed by atoms with Gasteiger partial charge in [-0.1, -0.05) is 12.1 Å². The van der Waals surface area contributed by atoms with E-state index in [1.54, 1.807) is 24.3 Å². The molecule has 0 amide bonds. The Balaban J connectivity index is 0.000000180. The monoisotopic (exact) mass is 246 g/mol. The second-order valence-corrected chi connectivity index (χ2v) is 4.12. The summed E-state index contributed by atoms with van der Waals surface area (Å²) in [5, 5.41) is 18.0. The minimum absolute atomic E-state index is 0.162. The maximum atomic E-state index is 8.98. The number of anilines is 2. The highest BCUT2D eigenvalue weighted by molar-refractivity contribution is 5.53. The fourth-order valence-electron chi connectivity index (χ4n) is 1.31. The first kappa shape index (κ1) is 13.7. The van der Waals surface area contributed by atoms with Crippen molar-refractivity contribution in [3.63, 3.8) is 0 Å². The quantitative estimate of drug-likeness (QED) is 0.424. The van der Waals surface area contributed by atoms with Crippen LogP contribution in [-0.4, -0.2) is 10.2 Å². The lowest BCUT2D eigenvalue weighted by atomic mass is 10.2. The molecule has 0 aliphatic rings. The highest BCUT2D eigenvalue weighted by Crippen LogP contribution is 2.20. The van der Waals surface area contributed by atoms with Crippen LogP contribution in [0.25, 0.3) is 0 Å². The summed E-state index contributed by atoms with van der Waals surface area (Å²) in [5.41, 5.74) is 13.6. The van der Waals surface area contributed by atoms with Crippen LogP contribution in [-0.2, 0) is 0 Å². The fraction of sp³-hybridized carbons (Fsp3) is 0.143. The standard InChI is InChI=1S/2C7H9NO/c2*1-5-2-3-6(8)7(9)4-5/h2*2-4,9H,8H2,1H3. The number of hydrogen-bond acceptors (Lipinski definition) is 4. The first-order valence-corrected chi connectivity index (χ1v) is 5.50. The number of hydrogen-bond donors (Lipinski definition) is 4. The summed E-state index contributed by atoms with van der Waals surface area (Å²) < 4.78 is 0. The topological polar surface area (TPSA) is 92.5 Å². The number of aromatic hydroxyl groups is 2. The van der Waals surface area contributed by atoms with Gasteiger partial charge in [-0.05, 0) is 49.2 Å². The van der Waals surface area contributed by atoms with Crippen LogP contribution >= 0.6 is 0 Å². The Morgan fingerprint density at radius 3 is 1.28 bits per heavy atom. The molecule has 0 bridgehead atoms. The van der Waals surface area contributed by atoms with Crippen LogP contribution in [0, 0.1) is 13.8 Å². The van der Waals surface area contributed by atoms with Gasteiger partial charge in [0.1, 0.15) is 11.5 Å². The molecule has 6 N–H and O–H groups in total. The van der Waals surface area contributed by atoms with Crippen LogP contribution < -0.4 is 11.5 Å². The minimum atomic E-state index is 0.162. The predicted molar refractivity (Wildman–Crippen MR) is 74.5 cm³/mol. The molecule has 0 heterocycles. The maximum absolute atomic E-state index is 8.98. The van der Waals surface area contributed by atoms with E-state index in [1.807, 2.05) is 26.0 Å². The number of nitrogens with two attached hydrogens (primary N) is 2. The summed E-state index contributed by atoms with van der Waals surface area (Å²) in [4.78, 5) is 0. The van der Waals surface area contributed by atoms with Crippen molar-refractivity contribution in [2.45, 2.75) is 13.8 Å². The largest absolute Gasteiger partial charge is 0.506 e. The Labute approximate surface area is 106 Å². The molecule has 4 heteroatoms. The van der Waals surface area contributed by atoms with Crippen LogP contribution in [0.3, 0.4) is 0 Å².